The maximum Gasteiger partial charge on any atom is 0.162 e. The van der Waals surface area contributed by atoms with Crippen LogP contribution >= 0.6 is 15.9 Å². The van der Waals surface area contributed by atoms with Crippen molar-refractivity contribution in [2.75, 3.05) is 11.1 Å². The molecule has 2 nitrogen and oxygen atoms in total. The molecule has 0 amide bonds. The highest BCUT2D eigenvalue weighted by atomic mass is 79.9. The molecule has 0 aliphatic carbocycles. The largest absolute Gasteiger partial charge is 0.399 e. The van der Waals surface area contributed by atoms with Crippen LogP contribution in [-0.2, 0) is 0 Å². The topological polar surface area (TPSA) is 43.1 Å². The van der Waals surface area contributed by atoms with Gasteiger partial charge in [-0.05, 0) is 37.1 Å². The van der Waals surface area contributed by atoms with Gasteiger partial charge in [-0.3, -0.25) is 4.79 Å². The number of halogens is 1. The third-order valence-corrected chi connectivity index (χ3v) is 2.58. The fourth-order valence-electron chi connectivity index (χ4n) is 1.19. The van der Waals surface area contributed by atoms with Gasteiger partial charge in [0.15, 0.2) is 5.78 Å². The van der Waals surface area contributed by atoms with Crippen LogP contribution in [0.3, 0.4) is 0 Å². The van der Waals surface area contributed by atoms with E-state index in [2.05, 4.69) is 15.9 Å². The second-order valence-electron chi connectivity index (χ2n) is 3.19. The van der Waals surface area contributed by atoms with E-state index >= 15 is 0 Å². The summed E-state index contributed by atoms with van der Waals surface area (Å²) in [6, 6.07) is 7.09. The highest BCUT2D eigenvalue weighted by molar-refractivity contribution is 9.09. The van der Waals surface area contributed by atoms with Crippen molar-refractivity contribution in [1.82, 2.24) is 0 Å². The Labute approximate surface area is 92.6 Å². The molecule has 0 heterocycles. The SMILES string of the molecule is Nc1ccc(C(=O)CCCCBr)cc1. The van der Waals surface area contributed by atoms with Crippen molar-refractivity contribution in [2.45, 2.75) is 19.3 Å². The molecule has 76 valence electrons. The van der Waals surface area contributed by atoms with Gasteiger partial charge in [0.25, 0.3) is 0 Å². The van der Waals surface area contributed by atoms with Crippen molar-refractivity contribution in [2.24, 2.45) is 0 Å². The van der Waals surface area contributed by atoms with Crippen molar-refractivity contribution in [1.29, 1.82) is 0 Å². The van der Waals surface area contributed by atoms with Crippen LogP contribution < -0.4 is 5.73 Å². The molecule has 3 heteroatoms. The van der Waals surface area contributed by atoms with Gasteiger partial charge in [0.2, 0.25) is 0 Å². The second-order valence-corrected chi connectivity index (χ2v) is 3.98. The highest BCUT2D eigenvalue weighted by Gasteiger charge is 2.04. The summed E-state index contributed by atoms with van der Waals surface area (Å²) in [7, 11) is 0. The van der Waals surface area contributed by atoms with Gasteiger partial charge in [-0.2, -0.15) is 0 Å². The molecule has 0 spiro atoms. The number of rotatable bonds is 5. The number of benzene rings is 1. The molecule has 0 saturated heterocycles. The van der Waals surface area contributed by atoms with E-state index in [1.807, 2.05) is 0 Å². The van der Waals surface area contributed by atoms with E-state index < -0.39 is 0 Å². The maximum absolute atomic E-state index is 11.6. The molecule has 0 aromatic heterocycles. The minimum Gasteiger partial charge on any atom is -0.399 e. The number of anilines is 1. The molecular formula is C11H14BrNO. The molecular weight excluding hydrogens is 242 g/mol. The lowest BCUT2D eigenvalue weighted by molar-refractivity contribution is 0.0980. The third kappa shape index (κ3) is 3.50. The molecule has 0 saturated carbocycles. The summed E-state index contributed by atoms with van der Waals surface area (Å²) >= 11 is 3.34. The van der Waals surface area contributed by atoms with E-state index in [9.17, 15) is 4.79 Å². The van der Waals surface area contributed by atoms with E-state index in [1.54, 1.807) is 24.3 Å². The van der Waals surface area contributed by atoms with Gasteiger partial charge < -0.3 is 5.73 Å². The number of hydrogen-bond donors (Lipinski definition) is 1. The Balaban J connectivity index is 2.48. The summed E-state index contributed by atoms with van der Waals surface area (Å²) in [5, 5.41) is 0.960. The Morgan fingerprint density at radius 3 is 2.43 bits per heavy atom. The first-order valence-corrected chi connectivity index (χ1v) is 5.81. The number of Topliss-reactive ketones (excluding diaryl/α,β-unsaturated/α-hetero) is 1. The molecule has 0 aliphatic rings. The van der Waals surface area contributed by atoms with Crippen molar-refractivity contribution in [3.63, 3.8) is 0 Å². The number of unbranched alkanes of at least 4 members (excludes halogenated alkanes) is 1. The van der Waals surface area contributed by atoms with Crippen LogP contribution in [0.2, 0.25) is 0 Å². The molecule has 0 bridgehead atoms. The number of nitrogen functional groups attached to an aromatic ring is 1. The van der Waals surface area contributed by atoms with Crippen molar-refractivity contribution >= 4 is 27.4 Å². The van der Waals surface area contributed by atoms with Crippen LogP contribution in [0.4, 0.5) is 5.69 Å². The van der Waals surface area contributed by atoms with Crippen LogP contribution in [0.15, 0.2) is 24.3 Å². The fraction of sp³-hybridized carbons (Fsp3) is 0.364. The number of nitrogens with two attached hydrogens (primary N) is 1. The van der Waals surface area contributed by atoms with E-state index in [0.29, 0.717) is 12.1 Å². The van der Waals surface area contributed by atoms with Gasteiger partial charge in [0, 0.05) is 23.0 Å². The van der Waals surface area contributed by atoms with Crippen molar-refractivity contribution < 1.29 is 4.79 Å². The number of carbonyl (C=O) groups excluding carboxylic acids is 1. The second kappa shape index (κ2) is 5.81. The molecule has 1 aromatic rings. The Morgan fingerprint density at radius 2 is 1.86 bits per heavy atom. The quantitative estimate of drug-likeness (QED) is 0.381. The normalized spacial score (nSPS) is 10.1. The molecule has 1 rings (SSSR count). The fourth-order valence-corrected chi connectivity index (χ4v) is 1.59. The van der Waals surface area contributed by atoms with Crippen LogP contribution in [0.25, 0.3) is 0 Å². The van der Waals surface area contributed by atoms with Crippen molar-refractivity contribution in [3.8, 4) is 0 Å². The molecule has 0 atom stereocenters. The van der Waals surface area contributed by atoms with Gasteiger partial charge in [0.05, 0.1) is 0 Å². The first-order valence-electron chi connectivity index (χ1n) is 4.68. The zero-order valence-corrected chi connectivity index (χ0v) is 9.59. The van der Waals surface area contributed by atoms with E-state index in [1.165, 1.54) is 0 Å². The number of hydrogen-bond acceptors (Lipinski definition) is 2. The number of ketones is 1. The zero-order valence-electron chi connectivity index (χ0n) is 8.00. The molecule has 0 unspecified atom stereocenters. The number of carbonyl (C=O) groups is 1. The van der Waals surface area contributed by atoms with E-state index in [-0.39, 0.29) is 5.78 Å². The van der Waals surface area contributed by atoms with Gasteiger partial charge in [-0.25, -0.2) is 0 Å². The van der Waals surface area contributed by atoms with Crippen LogP contribution in [-0.4, -0.2) is 11.1 Å². The molecule has 14 heavy (non-hydrogen) atoms. The summed E-state index contributed by atoms with van der Waals surface area (Å²) in [5.74, 6) is 0.200. The lowest BCUT2D eigenvalue weighted by Crippen LogP contribution is -1.99. The Bertz CT molecular complexity index is 295. The minimum atomic E-state index is 0.200. The predicted molar refractivity (Wildman–Crippen MR) is 62.8 cm³/mol. The summed E-state index contributed by atoms with van der Waals surface area (Å²) in [4.78, 5) is 11.6. The van der Waals surface area contributed by atoms with E-state index in [4.69, 9.17) is 5.73 Å². The van der Waals surface area contributed by atoms with Gasteiger partial charge >= 0.3 is 0 Å². The van der Waals surface area contributed by atoms with Crippen LogP contribution in [0.5, 0.6) is 0 Å². The standard InChI is InChI=1S/C11H14BrNO/c12-8-2-1-3-11(14)9-4-6-10(13)7-5-9/h4-7H,1-3,8,13H2. The highest BCUT2D eigenvalue weighted by Crippen LogP contribution is 2.10. The van der Waals surface area contributed by atoms with Crippen molar-refractivity contribution in [3.05, 3.63) is 29.8 Å². The van der Waals surface area contributed by atoms with Gasteiger partial charge in [-0.15, -0.1) is 0 Å². The molecule has 0 aliphatic heterocycles. The Hall–Kier alpha value is -0.830. The first kappa shape index (κ1) is 11.2. The molecule has 0 fully saturated rings. The number of alkyl halides is 1. The minimum absolute atomic E-state index is 0.200. The molecule has 2 N–H and O–H groups in total. The zero-order chi connectivity index (χ0) is 10.4. The predicted octanol–water partition coefficient (Wildman–Crippen LogP) is 3.02. The van der Waals surface area contributed by atoms with Gasteiger partial charge in [0.1, 0.15) is 0 Å². The monoisotopic (exact) mass is 255 g/mol. The summed E-state index contributed by atoms with van der Waals surface area (Å²) < 4.78 is 0. The first-order chi connectivity index (χ1) is 6.74. The average Bonchev–Trinajstić information content (AvgIpc) is 2.19. The summed E-state index contributed by atoms with van der Waals surface area (Å²) in [6.45, 7) is 0. The lowest BCUT2D eigenvalue weighted by atomic mass is 10.1. The maximum atomic E-state index is 11.6. The molecule has 0 radical (unpaired) electrons. The Kier molecular flexibility index (Phi) is 4.66. The van der Waals surface area contributed by atoms with Gasteiger partial charge in [-0.1, -0.05) is 15.9 Å². The van der Waals surface area contributed by atoms with Crippen LogP contribution in [0, 0.1) is 0 Å². The third-order valence-electron chi connectivity index (χ3n) is 2.02. The smallest absolute Gasteiger partial charge is 0.162 e. The van der Waals surface area contributed by atoms with Crippen LogP contribution in [0.1, 0.15) is 29.6 Å². The average molecular weight is 256 g/mol. The summed E-state index contributed by atoms with van der Waals surface area (Å²) in [5.41, 5.74) is 6.99. The van der Waals surface area contributed by atoms with E-state index in [0.717, 1.165) is 23.7 Å². The Morgan fingerprint density at radius 1 is 1.21 bits per heavy atom. The molecule has 1 aromatic carbocycles. The lowest BCUT2D eigenvalue weighted by Gasteiger charge is -2.00. The summed E-state index contributed by atoms with van der Waals surface area (Å²) in [6.07, 6.45) is 2.60.